The quantitative estimate of drug-likeness (QED) is 0.838. The molecule has 2 aromatic carbocycles. The van der Waals surface area contributed by atoms with Crippen molar-refractivity contribution in [3.05, 3.63) is 59.2 Å². The van der Waals surface area contributed by atoms with Crippen LogP contribution in [0.2, 0.25) is 0 Å². The molecule has 0 aliphatic carbocycles. The molecule has 6 heteroatoms. The van der Waals surface area contributed by atoms with E-state index >= 15 is 0 Å². The van der Waals surface area contributed by atoms with E-state index in [4.69, 9.17) is 15.2 Å². The van der Waals surface area contributed by atoms with Crippen LogP contribution in [0.1, 0.15) is 21.5 Å². The number of fused-ring (bicyclic) bond motifs is 1. The Morgan fingerprint density at radius 2 is 2.00 bits per heavy atom. The molecule has 0 aromatic heterocycles. The van der Waals surface area contributed by atoms with Crippen LogP contribution >= 0.6 is 12.4 Å². The lowest BCUT2D eigenvalue weighted by Gasteiger charge is -2.16. The molecule has 5 nitrogen and oxygen atoms in total. The van der Waals surface area contributed by atoms with Crippen molar-refractivity contribution in [1.29, 1.82) is 0 Å². The van der Waals surface area contributed by atoms with E-state index in [-0.39, 0.29) is 30.6 Å². The molecular formula is C18H20ClNO4. The van der Waals surface area contributed by atoms with Crippen LogP contribution in [0.3, 0.4) is 0 Å². The van der Waals surface area contributed by atoms with Gasteiger partial charge in [-0.2, -0.15) is 0 Å². The van der Waals surface area contributed by atoms with E-state index in [1.54, 1.807) is 12.1 Å². The van der Waals surface area contributed by atoms with Crippen LogP contribution in [0.15, 0.2) is 42.5 Å². The predicted molar refractivity (Wildman–Crippen MR) is 93.5 cm³/mol. The van der Waals surface area contributed by atoms with Gasteiger partial charge in [0.1, 0.15) is 23.7 Å². The number of rotatable bonds is 6. The average molecular weight is 350 g/mol. The van der Waals surface area contributed by atoms with E-state index in [9.17, 15) is 9.90 Å². The summed E-state index contributed by atoms with van der Waals surface area (Å²) in [6, 6.07) is 13.1. The first-order valence-corrected chi connectivity index (χ1v) is 7.59. The fourth-order valence-electron chi connectivity index (χ4n) is 2.78. The first-order valence-electron chi connectivity index (χ1n) is 7.59. The second kappa shape index (κ2) is 8.04. The maximum absolute atomic E-state index is 11.6. The third kappa shape index (κ3) is 3.99. The summed E-state index contributed by atoms with van der Waals surface area (Å²) in [5, 5.41) is 9.46. The summed E-state index contributed by atoms with van der Waals surface area (Å²) in [7, 11) is 0. The molecule has 0 bridgehead atoms. The van der Waals surface area contributed by atoms with Gasteiger partial charge in [-0.05, 0) is 24.1 Å². The highest BCUT2D eigenvalue weighted by Crippen LogP contribution is 2.34. The first kappa shape index (κ1) is 18.1. The van der Waals surface area contributed by atoms with Gasteiger partial charge in [-0.3, -0.25) is 0 Å². The maximum atomic E-state index is 11.6. The molecule has 3 rings (SSSR count). The van der Waals surface area contributed by atoms with E-state index in [2.05, 4.69) is 0 Å². The highest BCUT2D eigenvalue weighted by molar-refractivity contribution is 5.93. The minimum Gasteiger partial charge on any atom is -0.493 e. The largest absolute Gasteiger partial charge is 0.493 e. The molecule has 1 heterocycles. The Bertz CT molecular complexity index is 706. The van der Waals surface area contributed by atoms with Crippen molar-refractivity contribution >= 4 is 18.4 Å². The lowest BCUT2D eigenvalue weighted by Crippen LogP contribution is -2.30. The number of benzene rings is 2. The third-order valence-electron chi connectivity index (χ3n) is 3.85. The van der Waals surface area contributed by atoms with Crippen molar-refractivity contribution in [3.8, 4) is 11.5 Å². The summed E-state index contributed by atoms with van der Waals surface area (Å²) in [5.74, 6) is -0.0208. The third-order valence-corrected chi connectivity index (χ3v) is 3.85. The van der Waals surface area contributed by atoms with Gasteiger partial charge in [-0.25, -0.2) is 4.79 Å². The Hall–Kier alpha value is -2.24. The van der Waals surface area contributed by atoms with Gasteiger partial charge in [-0.1, -0.05) is 30.3 Å². The van der Waals surface area contributed by atoms with Gasteiger partial charge in [0.15, 0.2) is 0 Å². The number of carboxylic acids is 1. The van der Waals surface area contributed by atoms with E-state index < -0.39 is 5.97 Å². The van der Waals surface area contributed by atoms with Gasteiger partial charge in [-0.15, -0.1) is 12.4 Å². The van der Waals surface area contributed by atoms with E-state index in [1.165, 1.54) is 0 Å². The van der Waals surface area contributed by atoms with Crippen LogP contribution in [-0.2, 0) is 12.8 Å². The lowest BCUT2D eigenvalue weighted by molar-refractivity contribution is 0.0690. The number of carboxylic acid groups (broad SMARTS) is 1. The van der Waals surface area contributed by atoms with E-state index in [0.717, 1.165) is 5.56 Å². The smallest absolute Gasteiger partial charge is 0.339 e. The minimum atomic E-state index is -1.00. The molecule has 0 fully saturated rings. The van der Waals surface area contributed by atoms with Gasteiger partial charge < -0.3 is 20.3 Å². The number of carbonyl (C=O) groups is 1. The second-order valence-corrected chi connectivity index (χ2v) is 5.58. The van der Waals surface area contributed by atoms with Crippen molar-refractivity contribution in [3.63, 3.8) is 0 Å². The molecule has 0 spiro atoms. The van der Waals surface area contributed by atoms with E-state index in [1.807, 2.05) is 30.3 Å². The standard InChI is InChI=1S/C18H19NO4.ClH/c19-13(10-12-4-2-1-3-5-12)11-23-16-7-6-15-14(8-9-22-15)17(16)18(20)21;/h1-7,13H,8-11,19H2,(H,20,21);1H/t13-;/m1./s1. The highest BCUT2D eigenvalue weighted by Gasteiger charge is 2.24. The molecule has 0 radical (unpaired) electrons. The van der Waals surface area contributed by atoms with Crippen molar-refractivity contribution in [2.45, 2.75) is 18.9 Å². The van der Waals surface area contributed by atoms with Crippen molar-refractivity contribution in [2.75, 3.05) is 13.2 Å². The Balaban J connectivity index is 0.00000208. The average Bonchev–Trinajstić information content (AvgIpc) is 3.01. The number of aromatic carboxylic acids is 1. The Kier molecular flexibility index (Phi) is 6.06. The van der Waals surface area contributed by atoms with Gasteiger partial charge in [0.25, 0.3) is 0 Å². The van der Waals surface area contributed by atoms with Crippen LogP contribution in [0.25, 0.3) is 0 Å². The van der Waals surface area contributed by atoms with Gasteiger partial charge in [0.05, 0.1) is 6.61 Å². The fraction of sp³-hybridized carbons (Fsp3) is 0.278. The second-order valence-electron chi connectivity index (χ2n) is 5.58. The molecule has 1 atom stereocenters. The zero-order valence-electron chi connectivity index (χ0n) is 13.1. The number of hydrogen-bond acceptors (Lipinski definition) is 4. The lowest BCUT2D eigenvalue weighted by atomic mass is 10.0. The summed E-state index contributed by atoms with van der Waals surface area (Å²) in [6.07, 6.45) is 1.27. The summed E-state index contributed by atoms with van der Waals surface area (Å²) < 4.78 is 11.1. The zero-order chi connectivity index (χ0) is 16.2. The molecule has 0 saturated heterocycles. The normalized spacial score (nSPS) is 13.4. The summed E-state index contributed by atoms with van der Waals surface area (Å²) >= 11 is 0. The fourth-order valence-corrected chi connectivity index (χ4v) is 2.78. The minimum absolute atomic E-state index is 0. The number of hydrogen-bond donors (Lipinski definition) is 2. The van der Waals surface area contributed by atoms with E-state index in [0.29, 0.717) is 36.5 Å². The molecular weight excluding hydrogens is 330 g/mol. The molecule has 3 N–H and O–H groups in total. The Labute approximate surface area is 146 Å². The van der Waals surface area contributed by atoms with Crippen LogP contribution in [0.4, 0.5) is 0 Å². The van der Waals surface area contributed by atoms with Gasteiger partial charge >= 0.3 is 5.97 Å². The monoisotopic (exact) mass is 349 g/mol. The number of nitrogens with two attached hydrogens (primary N) is 1. The zero-order valence-corrected chi connectivity index (χ0v) is 13.9. The van der Waals surface area contributed by atoms with Gasteiger partial charge in [0.2, 0.25) is 0 Å². The van der Waals surface area contributed by atoms with Crippen molar-refractivity contribution in [1.82, 2.24) is 0 Å². The van der Waals surface area contributed by atoms with Crippen LogP contribution < -0.4 is 15.2 Å². The summed E-state index contributed by atoms with van der Waals surface area (Å²) in [5.41, 5.74) is 8.11. The maximum Gasteiger partial charge on any atom is 0.339 e. The van der Waals surface area contributed by atoms with Crippen LogP contribution in [0.5, 0.6) is 11.5 Å². The molecule has 2 aromatic rings. The topological polar surface area (TPSA) is 81.8 Å². The summed E-state index contributed by atoms with van der Waals surface area (Å²) in [6.45, 7) is 0.765. The predicted octanol–water partition coefficient (Wildman–Crippen LogP) is 2.69. The molecule has 0 unspecified atom stereocenters. The molecule has 0 amide bonds. The molecule has 24 heavy (non-hydrogen) atoms. The summed E-state index contributed by atoms with van der Waals surface area (Å²) in [4.78, 5) is 11.6. The number of halogens is 1. The Morgan fingerprint density at radius 1 is 1.25 bits per heavy atom. The van der Waals surface area contributed by atoms with Crippen molar-refractivity contribution in [2.24, 2.45) is 5.73 Å². The molecule has 1 aliphatic heterocycles. The molecule has 1 aliphatic rings. The van der Waals surface area contributed by atoms with Crippen molar-refractivity contribution < 1.29 is 19.4 Å². The molecule has 128 valence electrons. The van der Waals surface area contributed by atoms with Crippen LogP contribution in [0, 0.1) is 0 Å². The molecule has 0 saturated carbocycles. The first-order chi connectivity index (χ1) is 11.1. The van der Waals surface area contributed by atoms with Gasteiger partial charge in [0, 0.05) is 18.0 Å². The highest BCUT2D eigenvalue weighted by atomic mass is 35.5. The Morgan fingerprint density at radius 3 is 2.71 bits per heavy atom. The number of ether oxygens (including phenoxy) is 2. The SMILES string of the molecule is Cl.N[C@@H](COc1ccc2c(c1C(=O)O)CCO2)Cc1ccccc1. The van der Waals surface area contributed by atoms with Crippen LogP contribution in [-0.4, -0.2) is 30.3 Å².